The molecule has 0 spiro atoms. The molecule has 3 fully saturated rings. The number of nitrogens with one attached hydrogen (secondary N) is 3. The van der Waals surface area contributed by atoms with Gasteiger partial charge >= 0.3 is 5.97 Å². The molecular weight excluding hydrogens is 508 g/mol. The van der Waals surface area contributed by atoms with Crippen LogP contribution in [0.15, 0.2) is 58.6 Å². The molecule has 2 aliphatic heterocycles. The van der Waals surface area contributed by atoms with Crippen LogP contribution in [-0.2, 0) is 4.79 Å². The molecule has 212 valence electrons. The second-order valence-corrected chi connectivity index (χ2v) is 12.1. The van der Waals surface area contributed by atoms with Crippen molar-refractivity contribution in [3.8, 4) is 0 Å². The highest BCUT2D eigenvalue weighted by molar-refractivity contribution is 6.02. The Morgan fingerprint density at radius 3 is 2.60 bits per heavy atom. The molecule has 1 aromatic heterocycles. The van der Waals surface area contributed by atoms with Gasteiger partial charge in [0.2, 0.25) is 0 Å². The van der Waals surface area contributed by atoms with E-state index in [-0.39, 0.29) is 28.3 Å². The highest BCUT2D eigenvalue weighted by Crippen LogP contribution is 2.63. The van der Waals surface area contributed by atoms with Crippen LogP contribution in [0.4, 0.5) is 0 Å². The van der Waals surface area contributed by atoms with Crippen LogP contribution < -0.4 is 16.1 Å². The summed E-state index contributed by atoms with van der Waals surface area (Å²) in [5.41, 5.74) is 5.27. The number of pyridine rings is 1. The van der Waals surface area contributed by atoms with Crippen molar-refractivity contribution in [1.82, 2.24) is 26.1 Å². The van der Waals surface area contributed by atoms with Crippen LogP contribution in [0.2, 0.25) is 0 Å². The van der Waals surface area contributed by atoms with E-state index in [1.54, 1.807) is 18.5 Å². The topological polar surface area (TPSA) is 139 Å². The maximum atomic E-state index is 13.4. The van der Waals surface area contributed by atoms with E-state index < -0.39 is 17.6 Å². The molecule has 0 aromatic carbocycles. The second kappa shape index (κ2) is 9.85. The average Bonchev–Trinajstić information content (AvgIpc) is 3.35. The Kier molecular flexibility index (Phi) is 6.58. The Balaban J connectivity index is 1.26. The summed E-state index contributed by atoms with van der Waals surface area (Å²) in [6.07, 6.45) is 14.6. The van der Waals surface area contributed by atoms with E-state index >= 15 is 0 Å². The van der Waals surface area contributed by atoms with Gasteiger partial charge in [-0.3, -0.25) is 19.8 Å². The van der Waals surface area contributed by atoms with Gasteiger partial charge in [-0.25, -0.2) is 10.2 Å². The summed E-state index contributed by atoms with van der Waals surface area (Å²) < 4.78 is 0. The number of carboxylic acid groups (broad SMARTS) is 1. The highest BCUT2D eigenvalue weighted by Gasteiger charge is 2.59. The number of ketones is 1. The Morgan fingerprint density at radius 1 is 1.23 bits per heavy atom. The van der Waals surface area contributed by atoms with Crippen LogP contribution in [0, 0.1) is 10.8 Å². The maximum Gasteiger partial charge on any atom is 0.337 e. The second-order valence-electron chi connectivity index (χ2n) is 12.1. The lowest BCUT2D eigenvalue weighted by atomic mass is 9.50. The van der Waals surface area contributed by atoms with E-state index in [0.717, 1.165) is 62.0 Å². The number of rotatable bonds is 8. The first-order chi connectivity index (χ1) is 19.2. The van der Waals surface area contributed by atoms with Gasteiger partial charge in [-0.05, 0) is 75.7 Å². The number of hydrogen-bond acceptors (Lipinski definition) is 9. The van der Waals surface area contributed by atoms with Crippen molar-refractivity contribution in [2.75, 3.05) is 6.54 Å². The van der Waals surface area contributed by atoms with Crippen LogP contribution >= 0.6 is 0 Å². The monoisotopic (exact) mass is 546 g/mol. The third kappa shape index (κ3) is 4.07. The van der Waals surface area contributed by atoms with Gasteiger partial charge in [0.15, 0.2) is 5.78 Å². The molecule has 4 aliphatic carbocycles. The van der Waals surface area contributed by atoms with E-state index in [9.17, 15) is 19.8 Å². The Hall–Kier alpha value is -3.50. The number of carbonyl (C=O) groups excluding carboxylic acids is 1. The summed E-state index contributed by atoms with van der Waals surface area (Å²) in [6.45, 7) is 4.69. The minimum atomic E-state index is -1.03. The van der Waals surface area contributed by atoms with Gasteiger partial charge in [0.25, 0.3) is 0 Å². The van der Waals surface area contributed by atoms with Gasteiger partial charge < -0.3 is 20.8 Å². The van der Waals surface area contributed by atoms with Crippen LogP contribution in [-0.4, -0.2) is 56.5 Å². The lowest BCUT2D eigenvalue weighted by Crippen LogP contribution is -2.67. The van der Waals surface area contributed by atoms with Crippen LogP contribution in [0.5, 0.6) is 0 Å². The van der Waals surface area contributed by atoms with Gasteiger partial charge in [0.05, 0.1) is 29.8 Å². The highest BCUT2D eigenvalue weighted by atomic mass is 16.4. The number of hydrogen-bond donors (Lipinski definition) is 5. The molecule has 0 saturated heterocycles. The average molecular weight is 547 g/mol. The van der Waals surface area contributed by atoms with E-state index in [0.29, 0.717) is 18.7 Å². The molecule has 7 rings (SSSR count). The van der Waals surface area contributed by atoms with Gasteiger partial charge in [0.1, 0.15) is 23.6 Å². The van der Waals surface area contributed by atoms with E-state index in [2.05, 4.69) is 38.0 Å². The third-order valence-electron chi connectivity index (χ3n) is 10.1. The molecule has 2 bridgehead atoms. The minimum Gasteiger partial charge on any atom is -0.478 e. The van der Waals surface area contributed by atoms with E-state index in [4.69, 9.17) is 0 Å². The van der Waals surface area contributed by atoms with Crippen LogP contribution in [0.3, 0.4) is 0 Å². The summed E-state index contributed by atoms with van der Waals surface area (Å²) in [5, 5.41) is 30.0. The molecule has 3 unspecified atom stereocenters. The summed E-state index contributed by atoms with van der Waals surface area (Å²) >= 11 is 0. The van der Waals surface area contributed by atoms with Gasteiger partial charge in [-0.1, -0.05) is 25.5 Å². The Bertz CT molecular complexity index is 1310. The number of nitrogens with zero attached hydrogens (tertiary/aromatic N) is 3. The smallest absolute Gasteiger partial charge is 0.337 e. The summed E-state index contributed by atoms with van der Waals surface area (Å²) in [7, 11) is 0. The number of aromatic carboxylic acids is 1. The largest absolute Gasteiger partial charge is 0.478 e. The number of aliphatic hydroxyl groups excluding tert-OH is 1. The Morgan fingerprint density at radius 2 is 1.98 bits per heavy atom. The SMILES string of the molecule is CCCC1(NN2C3=C(CN=CN3)NC2C23CCC(C(O)c4ccc(C(=O)O)cn4)(CC2)CC3)C(=O)C=CC=C1C. The number of fused-ring (bicyclic) bond motifs is 3. The van der Waals surface area contributed by atoms with Crippen LogP contribution in [0.25, 0.3) is 0 Å². The molecule has 10 heteroatoms. The van der Waals surface area contributed by atoms with E-state index in [1.165, 1.54) is 12.3 Å². The first kappa shape index (κ1) is 26.7. The summed E-state index contributed by atoms with van der Waals surface area (Å²) in [4.78, 5) is 33.4. The fourth-order valence-corrected chi connectivity index (χ4v) is 7.57. The molecular formula is C30H38N6O4. The van der Waals surface area contributed by atoms with E-state index in [1.807, 2.05) is 19.1 Å². The van der Waals surface area contributed by atoms with Crippen LogP contribution in [0.1, 0.15) is 87.4 Å². The molecule has 3 atom stereocenters. The lowest BCUT2D eigenvalue weighted by Gasteiger charge is -2.58. The molecule has 0 radical (unpaired) electrons. The molecule has 3 heterocycles. The lowest BCUT2D eigenvalue weighted by molar-refractivity contribution is -0.132. The van der Waals surface area contributed by atoms with Crippen molar-refractivity contribution < 1.29 is 19.8 Å². The number of aliphatic imine (C=N–C) groups is 1. The fraction of sp³-hybridized carbons (Fsp3) is 0.533. The number of hydrazine groups is 1. The molecule has 40 heavy (non-hydrogen) atoms. The first-order valence-corrected chi connectivity index (χ1v) is 14.3. The molecule has 6 aliphatic rings. The zero-order valence-corrected chi connectivity index (χ0v) is 23.1. The molecule has 0 amide bonds. The minimum absolute atomic E-state index is 0.0628. The van der Waals surface area contributed by atoms with Crippen molar-refractivity contribution in [3.63, 3.8) is 0 Å². The molecule has 3 saturated carbocycles. The number of carbonyl (C=O) groups is 2. The van der Waals surface area contributed by atoms with Gasteiger partial charge in [0, 0.05) is 17.0 Å². The number of carboxylic acids is 1. The number of aromatic nitrogens is 1. The maximum absolute atomic E-state index is 13.4. The zero-order valence-electron chi connectivity index (χ0n) is 23.1. The molecule has 5 N–H and O–H groups in total. The van der Waals surface area contributed by atoms with Crippen molar-refractivity contribution in [3.05, 3.63) is 64.9 Å². The third-order valence-corrected chi connectivity index (χ3v) is 10.1. The first-order valence-electron chi connectivity index (χ1n) is 14.3. The standard InChI is InChI=1S/C30H38N6O4/c1-3-9-30(19(2)5-4-6-23(30)37)35-36-25-22(17-31-18-33-25)34-27(36)29-13-10-28(11-14-29,12-15-29)24(38)21-8-7-20(16-32-21)26(39)40/h4-8,16,18,24,27,34-35,38H,3,9-15,17H2,1-2H3,(H,31,33)(H,39,40). The normalized spacial score (nSPS) is 33.4. The summed E-state index contributed by atoms with van der Waals surface area (Å²) in [6, 6.07) is 3.16. The van der Waals surface area contributed by atoms with Gasteiger partial charge in [-0.2, -0.15) is 0 Å². The predicted molar refractivity (Wildman–Crippen MR) is 150 cm³/mol. The summed E-state index contributed by atoms with van der Waals surface area (Å²) in [5.74, 6) is -0.0345. The zero-order chi connectivity index (χ0) is 28.1. The number of allylic oxidation sites excluding steroid dienone is 2. The van der Waals surface area contributed by atoms with Gasteiger partial charge in [-0.15, -0.1) is 0 Å². The Labute approximate surface area is 234 Å². The molecule has 1 aromatic rings. The van der Waals surface area contributed by atoms with Crippen molar-refractivity contribution in [2.45, 2.75) is 83.0 Å². The van der Waals surface area contributed by atoms with Crippen molar-refractivity contribution in [1.29, 1.82) is 0 Å². The van der Waals surface area contributed by atoms with Crippen molar-refractivity contribution in [2.24, 2.45) is 15.8 Å². The van der Waals surface area contributed by atoms with Crippen molar-refractivity contribution >= 4 is 18.1 Å². The quantitative estimate of drug-likeness (QED) is 0.332. The predicted octanol–water partition coefficient (Wildman–Crippen LogP) is 3.31. The molecule has 10 nitrogen and oxygen atoms in total. The fourth-order valence-electron chi connectivity index (χ4n) is 7.57. The number of aliphatic hydroxyl groups is 1.